The molecule has 0 atom stereocenters. The molecule has 0 saturated carbocycles. The zero-order valence-electron chi connectivity index (χ0n) is 67.0. The molecule has 39 heteroatoms. The fourth-order valence-electron chi connectivity index (χ4n) is 6.95. The molecule has 16 nitrogen and oxygen atoms in total. The van der Waals surface area contributed by atoms with E-state index in [9.17, 15) is 38.4 Å². The Bertz CT molecular complexity index is 3990. The van der Waals surface area contributed by atoms with Gasteiger partial charge in [-0.1, -0.05) is 257 Å². The van der Waals surface area contributed by atoms with E-state index in [-0.39, 0.29) is 210 Å². The fraction of sp³-hybridized carbons (Fsp3) is 0.181. The number of rotatable bonds is 32. The Morgan fingerprint density at radius 2 is 0.640 bits per heavy atom. The quantitative estimate of drug-likeness (QED) is 0.00763. The van der Waals surface area contributed by atoms with Gasteiger partial charge in [-0.15, -0.1) is 23.1 Å². The average Bonchev–Trinajstić information content (AvgIpc) is 0.862. The number of hydrogen-bond donors (Lipinski definition) is 2. The van der Waals surface area contributed by atoms with Crippen LogP contribution in [0, 0.1) is 19.4 Å². The van der Waals surface area contributed by atoms with Crippen LogP contribution in [0.3, 0.4) is 0 Å². The summed E-state index contributed by atoms with van der Waals surface area (Å²) in [4.78, 5) is 91.0. The standard InChI is InChI=1S/C10H12O2S2.C10H11O2S2.2C9H9O2S2.C9H10O2S2.C9H9O2S2.C8H8O2S2.C8H7O2S2.7V/c2*1-8(11)12-7-9-5-3-4-6-10(9)14-13-2;2*1-12-13-9-5-3-2-4-8(9)6-11-7-10;2*1-7(10)11-6-8-4-2-3-5-9(8)13-12;2*9-6-10-5-7-3-1-2-4-8(7)12-11;;;;;;;/h3-6H,7H2,1-2H3;3-6H,2,7H2,1H3;2-5H,6H2,1H3;2-5,7H,1,6H2;2-5,12H,6H2,1H3;2-5,12H,1,6H2;1-4,6,11H,5H2;1-4,11H,5H2;;;;;;;/q;3*-1;;-1;;-1;;;;;;;/p-2/i1D,2D;2*1D;7D;1D;;6D;;;;;;;;/hD2. The van der Waals surface area contributed by atoms with Crippen molar-refractivity contribution in [3.63, 3.8) is 0 Å². The molecule has 0 bridgehead atoms. The van der Waals surface area contributed by atoms with Gasteiger partial charge >= 0.3 is 17.9 Å². The Labute approximate surface area is 816 Å². The summed E-state index contributed by atoms with van der Waals surface area (Å²) in [6.07, 6.45) is 5.88. The van der Waals surface area contributed by atoms with Gasteiger partial charge in [0, 0.05) is 231 Å². The van der Waals surface area contributed by atoms with E-state index in [0.29, 0.717) is 6.23 Å². The van der Waals surface area contributed by atoms with Crippen molar-refractivity contribution >= 4 is 226 Å². The van der Waals surface area contributed by atoms with Gasteiger partial charge in [0.15, 0.2) is 8.71 Å². The van der Waals surface area contributed by atoms with Gasteiger partial charge in [-0.25, -0.2) is 0 Å². The van der Waals surface area contributed by atoms with Crippen molar-refractivity contribution in [1.29, 1.82) is 2.25 Å². The first-order valence-corrected chi connectivity index (χ1v) is 44.8. The van der Waals surface area contributed by atoms with E-state index >= 15 is 0 Å². The van der Waals surface area contributed by atoms with Crippen molar-refractivity contribution in [3.8, 4) is 0 Å². The van der Waals surface area contributed by atoms with Gasteiger partial charge in [0.25, 0.3) is 12.9 Å². The Hall–Kier alpha value is -0.919. The van der Waals surface area contributed by atoms with Crippen LogP contribution in [-0.2, 0) is 282 Å². The van der Waals surface area contributed by atoms with Crippen molar-refractivity contribution in [3.05, 3.63) is 258 Å². The average molecular weight is 2070 g/mol. The third-order valence-electron chi connectivity index (χ3n) is 11.4. The molecule has 0 aliphatic rings. The molecule has 111 heavy (non-hydrogen) atoms. The molecule has 7 radical (unpaired) electrons. The van der Waals surface area contributed by atoms with E-state index in [1.165, 1.54) is 142 Å². The minimum atomic E-state index is -1.02. The summed E-state index contributed by atoms with van der Waals surface area (Å²) in [5, 5.41) is 0. The van der Waals surface area contributed by atoms with Crippen LogP contribution in [0.2, 0.25) is 0 Å². The maximum Gasteiger partial charge on any atom is 0.302 e. The van der Waals surface area contributed by atoms with Crippen molar-refractivity contribution < 1.29 is 216 Å². The second-order valence-corrected chi connectivity index (χ2v) is 30.8. The van der Waals surface area contributed by atoms with Gasteiger partial charge in [0.2, 0.25) is 0 Å². The predicted molar refractivity (Wildman–Crippen MR) is 448 cm³/mol. The minimum Gasteiger partial charge on any atom is -0.714 e. The molecular formula is C72H73O16S16V7-7. The number of carbonyl (C=O) groups is 6. The number of esters is 4. The van der Waals surface area contributed by atoms with Gasteiger partial charge < -0.3 is 70.8 Å². The summed E-state index contributed by atoms with van der Waals surface area (Å²) in [7, 11) is 16.7. The number of carbonyl (C=O) groups excluding carboxylic acids is 8. The second kappa shape index (κ2) is 84.1. The van der Waals surface area contributed by atoms with Gasteiger partial charge in [-0.2, -0.15) is 0 Å². The normalized spacial score (nSPS) is 10.1. The van der Waals surface area contributed by atoms with Crippen molar-refractivity contribution in [1.82, 2.24) is 0 Å². The second-order valence-electron chi connectivity index (χ2n) is 18.1. The van der Waals surface area contributed by atoms with Crippen LogP contribution < -0.4 is 0 Å². The largest absolute Gasteiger partial charge is 0.714 e. The van der Waals surface area contributed by atoms with Gasteiger partial charge in [-0.05, 0) is 58.7 Å². The van der Waals surface area contributed by atoms with Gasteiger partial charge in [0.05, 0.1) is 13.2 Å². The summed E-state index contributed by atoms with van der Waals surface area (Å²) in [6.45, 7) is 6.40. The molecule has 8 aromatic rings. The number of hydrogen-bond acceptors (Lipinski definition) is 32. The van der Waals surface area contributed by atoms with E-state index in [4.69, 9.17) is 54.1 Å². The molecule has 0 aliphatic heterocycles. The van der Waals surface area contributed by atoms with Crippen LogP contribution in [0.4, 0.5) is 0 Å². The molecular weight excluding hydrogens is 1990 g/mol. The summed E-state index contributed by atoms with van der Waals surface area (Å²) in [5.41, 5.74) is 7.22. The molecule has 0 spiro atoms. The van der Waals surface area contributed by atoms with Crippen LogP contribution in [0.5, 0.6) is 0 Å². The number of benzene rings is 8. The Kier molecular flexibility index (Phi) is 79.0. The smallest absolute Gasteiger partial charge is 0.302 e. The van der Waals surface area contributed by atoms with Crippen molar-refractivity contribution in [2.45, 2.75) is 113 Å². The molecule has 0 fully saturated rings. The Morgan fingerprint density at radius 3 is 0.910 bits per heavy atom. The van der Waals surface area contributed by atoms with Crippen LogP contribution in [0.15, 0.2) is 233 Å². The molecule has 0 heterocycles. The minimum absolute atomic E-state index is 0. The summed E-state index contributed by atoms with van der Waals surface area (Å²) >= 11 is 11.5. The predicted octanol–water partition coefficient (Wildman–Crippen LogP) is 20.8. The maximum atomic E-state index is 10.9. The molecule has 8 aromatic carbocycles. The summed E-state index contributed by atoms with van der Waals surface area (Å²) in [5.74, 6) is -2.08. The third-order valence-corrected chi connectivity index (χ3v) is 22.3. The molecule has 0 amide bonds. The van der Waals surface area contributed by atoms with Crippen LogP contribution in [0.1, 0.15) is 74.8 Å². The van der Waals surface area contributed by atoms with Crippen molar-refractivity contribution in [2.24, 2.45) is 0 Å². The molecule has 595 valence electrons. The molecule has 8 rings (SSSR count). The van der Waals surface area contributed by atoms with Crippen LogP contribution >= 0.6 is 153 Å². The summed E-state index contributed by atoms with van der Waals surface area (Å²) in [6, 6.07) is 60.3. The number of ether oxygens (including phenoxy) is 8. The van der Waals surface area contributed by atoms with E-state index in [1.54, 1.807) is 0 Å². The summed E-state index contributed by atoms with van der Waals surface area (Å²) < 4.78 is 99.3. The molecule has 0 unspecified atom stereocenters. The van der Waals surface area contributed by atoms with Gasteiger partial charge in [0.1, 0.15) is 41.9 Å². The Morgan fingerprint density at radius 1 is 0.396 bits per heavy atom. The third kappa shape index (κ3) is 61.1. The van der Waals surface area contributed by atoms with E-state index in [1.807, 2.05) is 194 Å². The molecule has 0 aromatic heterocycles. The molecule has 0 saturated heterocycles. The number of thiol groups is 2. The first-order chi connectivity index (χ1) is 54.8. The van der Waals surface area contributed by atoms with E-state index in [0.717, 1.165) is 107 Å². The first kappa shape index (κ1) is 104. The zero-order valence-corrected chi connectivity index (χ0v) is 80.8. The molecule has 0 N–H and O–H groups in total. The maximum absolute atomic E-state index is 10.9. The van der Waals surface area contributed by atoms with Crippen molar-refractivity contribution in [2.75, 3.05) is 12.5 Å². The monoisotopic (exact) mass is 2070 g/mol. The van der Waals surface area contributed by atoms with Crippen LogP contribution in [-0.4, -0.2) is 64.4 Å². The van der Waals surface area contributed by atoms with E-state index < -0.39 is 36.8 Å². The fourth-order valence-corrected chi connectivity index (χ4v) is 15.8. The van der Waals surface area contributed by atoms with E-state index in [2.05, 4.69) is 38.4 Å². The first-order valence-electron chi connectivity index (χ1n) is 33.9. The Balaban J connectivity index is -0.000000241. The zero-order chi connectivity index (χ0) is 83.5. The molecule has 0 aliphatic carbocycles. The van der Waals surface area contributed by atoms with Gasteiger partial charge in [-0.3, -0.25) is 91.4 Å². The SMILES string of the molecule is [2H]C(=O)OCc1ccccc1SS[CH2-].[2H]C(=O)OCc1ccccc1S[S-].[2H]CC(=O)OCc1ccccc1SS[CH2-].[2H]CC(=O)OCc1ccccc1S[S-].[2H]CSSc1ccccc1COC(=O)C[2H].[2H]CSSc1ccccc1CO[C-]=O.[2H]SSc1ccccc1COC([CH2-])=O.[2H]SSc1ccccc1CO[C-]=O.[V].[V].[V].[V].[V].[V].[V]. The topological polar surface area (TPSA) is 210 Å². The van der Waals surface area contributed by atoms with Crippen LogP contribution in [0.25, 0.3) is 0 Å².